The summed E-state index contributed by atoms with van der Waals surface area (Å²) >= 11 is 0. The fourth-order valence-corrected chi connectivity index (χ4v) is 1.19. The lowest BCUT2D eigenvalue weighted by molar-refractivity contribution is 1.10. The van der Waals surface area contributed by atoms with Gasteiger partial charge in [-0.1, -0.05) is 0 Å². The summed E-state index contributed by atoms with van der Waals surface area (Å²) in [4.78, 5) is 16.6. The molecule has 0 aromatic carbocycles. The Morgan fingerprint density at radius 3 is 2.67 bits per heavy atom. The molecule has 0 aliphatic carbocycles. The molecule has 0 saturated heterocycles. The number of hydrogen-bond donors (Lipinski definition) is 1. The number of anilines is 1. The molecular formula is C10H11N5. The van der Waals surface area contributed by atoms with Gasteiger partial charge in [-0.2, -0.15) is 0 Å². The first-order chi connectivity index (χ1) is 7.40. The minimum atomic E-state index is 0.724. The van der Waals surface area contributed by atoms with Crippen LogP contribution in [-0.2, 0) is 0 Å². The van der Waals surface area contributed by atoms with Crippen molar-refractivity contribution in [3.05, 3.63) is 31.0 Å². The second kappa shape index (κ2) is 4.45. The van der Waals surface area contributed by atoms with Crippen LogP contribution in [0.15, 0.2) is 31.0 Å². The molecule has 0 spiro atoms. The minimum Gasteiger partial charge on any atom is -0.369 e. The smallest absolute Gasteiger partial charge is 0.145 e. The van der Waals surface area contributed by atoms with Crippen molar-refractivity contribution in [3.8, 4) is 11.4 Å². The second-order valence-electron chi connectivity index (χ2n) is 2.91. The Morgan fingerprint density at radius 1 is 1.07 bits per heavy atom. The third-order valence-electron chi connectivity index (χ3n) is 1.82. The van der Waals surface area contributed by atoms with Gasteiger partial charge in [0.1, 0.15) is 17.2 Å². The minimum absolute atomic E-state index is 0.724. The SMILES string of the molecule is CCNc1cncc(-c2cnccn2)n1. The summed E-state index contributed by atoms with van der Waals surface area (Å²) in [7, 11) is 0. The van der Waals surface area contributed by atoms with Gasteiger partial charge in [0, 0.05) is 18.9 Å². The molecule has 1 N–H and O–H groups in total. The zero-order valence-electron chi connectivity index (χ0n) is 8.38. The predicted octanol–water partition coefficient (Wildman–Crippen LogP) is 1.37. The summed E-state index contributed by atoms with van der Waals surface area (Å²) in [6.45, 7) is 2.83. The largest absolute Gasteiger partial charge is 0.369 e. The lowest BCUT2D eigenvalue weighted by atomic mass is 10.3. The summed E-state index contributed by atoms with van der Waals surface area (Å²) in [5.41, 5.74) is 1.45. The molecule has 5 nitrogen and oxygen atoms in total. The van der Waals surface area contributed by atoms with Gasteiger partial charge in [-0.05, 0) is 6.92 Å². The Hall–Kier alpha value is -2.04. The average molecular weight is 201 g/mol. The lowest BCUT2D eigenvalue weighted by Crippen LogP contribution is -2.01. The van der Waals surface area contributed by atoms with Crippen LogP contribution >= 0.6 is 0 Å². The van der Waals surface area contributed by atoms with Gasteiger partial charge in [0.2, 0.25) is 0 Å². The van der Waals surface area contributed by atoms with Crippen molar-refractivity contribution in [2.24, 2.45) is 0 Å². The van der Waals surface area contributed by atoms with Crippen LogP contribution in [-0.4, -0.2) is 26.5 Å². The van der Waals surface area contributed by atoms with Crippen LogP contribution in [0.5, 0.6) is 0 Å². The van der Waals surface area contributed by atoms with Crippen LogP contribution in [0.3, 0.4) is 0 Å². The maximum absolute atomic E-state index is 4.36. The summed E-state index contributed by atoms with van der Waals surface area (Å²) in [6.07, 6.45) is 8.29. The zero-order chi connectivity index (χ0) is 10.5. The van der Waals surface area contributed by atoms with E-state index in [0.29, 0.717) is 0 Å². The highest BCUT2D eigenvalue weighted by molar-refractivity contribution is 5.53. The van der Waals surface area contributed by atoms with Crippen LogP contribution in [0, 0.1) is 0 Å². The first-order valence-electron chi connectivity index (χ1n) is 4.72. The Labute approximate surface area is 87.6 Å². The molecule has 0 amide bonds. The van der Waals surface area contributed by atoms with E-state index in [1.165, 1.54) is 0 Å². The van der Waals surface area contributed by atoms with E-state index < -0.39 is 0 Å². The molecule has 2 aromatic rings. The molecule has 76 valence electrons. The van der Waals surface area contributed by atoms with Crippen molar-refractivity contribution < 1.29 is 0 Å². The van der Waals surface area contributed by atoms with E-state index in [0.717, 1.165) is 23.8 Å². The molecule has 0 saturated carbocycles. The normalized spacial score (nSPS) is 9.93. The molecule has 2 rings (SSSR count). The Balaban J connectivity index is 2.33. The van der Waals surface area contributed by atoms with E-state index >= 15 is 0 Å². The third kappa shape index (κ3) is 2.25. The second-order valence-corrected chi connectivity index (χ2v) is 2.91. The highest BCUT2D eigenvalue weighted by Gasteiger charge is 2.01. The maximum atomic E-state index is 4.36. The molecule has 0 atom stereocenters. The van der Waals surface area contributed by atoms with Crippen LogP contribution in [0.2, 0.25) is 0 Å². The lowest BCUT2D eigenvalue weighted by Gasteiger charge is -2.03. The van der Waals surface area contributed by atoms with E-state index in [9.17, 15) is 0 Å². The predicted molar refractivity (Wildman–Crippen MR) is 57.2 cm³/mol. The van der Waals surface area contributed by atoms with Crippen LogP contribution in [0.25, 0.3) is 11.4 Å². The van der Waals surface area contributed by atoms with Crippen molar-refractivity contribution in [2.75, 3.05) is 11.9 Å². The maximum Gasteiger partial charge on any atom is 0.145 e. The van der Waals surface area contributed by atoms with Gasteiger partial charge in [-0.15, -0.1) is 0 Å². The molecule has 15 heavy (non-hydrogen) atoms. The van der Waals surface area contributed by atoms with Crippen molar-refractivity contribution in [2.45, 2.75) is 6.92 Å². The van der Waals surface area contributed by atoms with E-state index in [1.54, 1.807) is 31.0 Å². The highest BCUT2D eigenvalue weighted by atomic mass is 15.0. The van der Waals surface area contributed by atoms with Crippen LogP contribution in [0.1, 0.15) is 6.92 Å². The number of nitrogens with zero attached hydrogens (tertiary/aromatic N) is 4. The zero-order valence-corrected chi connectivity index (χ0v) is 8.38. The monoisotopic (exact) mass is 201 g/mol. The van der Waals surface area contributed by atoms with E-state index in [2.05, 4.69) is 25.3 Å². The highest BCUT2D eigenvalue weighted by Crippen LogP contribution is 2.12. The van der Waals surface area contributed by atoms with Crippen molar-refractivity contribution in [3.63, 3.8) is 0 Å². The van der Waals surface area contributed by atoms with Crippen molar-refractivity contribution >= 4 is 5.82 Å². The standard InChI is InChI=1S/C10H11N5/c1-2-13-10-7-12-6-9(15-10)8-5-11-3-4-14-8/h3-7H,2H2,1H3,(H,13,15). The number of nitrogens with one attached hydrogen (secondary N) is 1. The van der Waals surface area contributed by atoms with Gasteiger partial charge in [-0.3, -0.25) is 15.0 Å². The Kier molecular flexibility index (Phi) is 2.82. The molecular weight excluding hydrogens is 190 g/mol. The summed E-state index contributed by atoms with van der Waals surface area (Å²) in [5.74, 6) is 0.751. The summed E-state index contributed by atoms with van der Waals surface area (Å²) in [6, 6.07) is 0. The number of aromatic nitrogens is 4. The topological polar surface area (TPSA) is 63.6 Å². The fraction of sp³-hybridized carbons (Fsp3) is 0.200. The molecule has 2 heterocycles. The molecule has 0 aliphatic rings. The van der Waals surface area contributed by atoms with Crippen molar-refractivity contribution in [1.82, 2.24) is 19.9 Å². The molecule has 0 fully saturated rings. The van der Waals surface area contributed by atoms with Gasteiger partial charge < -0.3 is 5.32 Å². The van der Waals surface area contributed by atoms with E-state index in [1.807, 2.05) is 6.92 Å². The average Bonchev–Trinajstić information content (AvgIpc) is 2.31. The molecule has 2 aromatic heterocycles. The third-order valence-corrected chi connectivity index (χ3v) is 1.82. The van der Waals surface area contributed by atoms with Gasteiger partial charge >= 0.3 is 0 Å². The Bertz CT molecular complexity index is 429. The first kappa shape index (κ1) is 9.51. The quantitative estimate of drug-likeness (QED) is 0.812. The molecule has 0 aliphatic heterocycles. The number of rotatable bonds is 3. The molecule has 0 bridgehead atoms. The summed E-state index contributed by atoms with van der Waals surface area (Å²) < 4.78 is 0. The fourth-order valence-electron chi connectivity index (χ4n) is 1.19. The van der Waals surface area contributed by atoms with Crippen LogP contribution < -0.4 is 5.32 Å². The van der Waals surface area contributed by atoms with E-state index in [-0.39, 0.29) is 0 Å². The molecule has 0 radical (unpaired) electrons. The van der Waals surface area contributed by atoms with Gasteiger partial charge in [0.05, 0.1) is 18.6 Å². The van der Waals surface area contributed by atoms with Gasteiger partial charge in [0.25, 0.3) is 0 Å². The first-order valence-corrected chi connectivity index (χ1v) is 4.72. The summed E-state index contributed by atoms with van der Waals surface area (Å²) in [5, 5.41) is 3.10. The van der Waals surface area contributed by atoms with Gasteiger partial charge in [-0.25, -0.2) is 4.98 Å². The van der Waals surface area contributed by atoms with E-state index in [4.69, 9.17) is 0 Å². The molecule has 5 heteroatoms. The number of hydrogen-bond acceptors (Lipinski definition) is 5. The molecule has 0 unspecified atom stereocenters. The van der Waals surface area contributed by atoms with Crippen LogP contribution in [0.4, 0.5) is 5.82 Å². The van der Waals surface area contributed by atoms with Crippen molar-refractivity contribution in [1.29, 1.82) is 0 Å². The Morgan fingerprint density at radius 2 is 1.93 bits per heavy atom. The van der Waals surface area contributed by atoms with Gasteiger partial charge in [0.15, 0.2) is 0 Å².